The Balaban J connectivity index is 2.55. The summed E-state index contributed by atoms with van der Waals surface area (Å²) >= 11 is 0. The SMILES string of the molecule is CC(=O)C(=O)N(CC(N)=O)NC(=O)[C@H](C)NC(=O)[C@H](C)NC(=O)OCc1ccccc1. The molecule has 1 aromatic carbocycles. The predicted octanol–water partition coefficient (Wildman–Crippen LogP) is -1.26. The molecule has 0 aliphatic rings. The summed E-state index contributed by atoms with van der Waals surface area (Å²) in [6.07, 6.45) is -0.830. The van der Waals surface area contributed by atoms with Crippen LogP contribution in [-0.4, -0.2) is 59.1 Å². The van der Waals surface area contributed by atoms with Crippen LogP contribution in [0.4, 0.5) is 4.79 Å². The van der Waals surface area contributed by atoms with Crippen LogP contribution >= 0.6 is 0 Å². The average molecular weight is 435 g/mol. The van der Waals surface area contributed by atoms with E-state index in [0.29, 0.717) is 5.01 Å². The molecule has 0 aromatic heterocycles. The predicted molar refractivity (Wildman–Crippen MR) is 107 cm³/mol. The number of hydrazine groups is 1. The molecule has 0 radical (unpaired) electrons. The number of ether oxygens (including phenoxy) is 1. The normalized spacial score (nSPS) is 12.0. The van der Waals surface area contributed by atoms with Crippen molar-refractivity contribution in [1.29, 1.82) is 0 Å². The summed E-state index contributed by atoms with van der Waals surface area (Å²) in [5, 5.41) is 5.10. The number of nitrogens with zero attached hydrogens (tertiary/aromatic N) is 1. The van der Waals surface area contributed by atoms with E-state index >= 15 is 0 Å². The summed E-state index contributed by atoms with van der Waals surface area (Å²) in [5.41, 5.74) is 7.81. The Labute approximate surface area is 178 Å². The maximum atomic E-state index is 12.2. The van der Waals surface area contributed by atoms with E-state index in [-0.39, 0.29) is 6.61 Å². The lowest BCUT2D eigenvalue weighted by molar-refractivity contribution is -0.150. The Hall–Kier alpha value is -3.96. The first-order valence-corrected chi connectivity index (χ1v) is 9.20. The van der Waals surface area contributed by atoms with Crippen molar-refractivity contribution in [2.24, 2.45) is 5.73 Å². The number of nitrogens with one attached hydrogen (secondary N) is 3. The van der Waals surface area contributed by atoms with Gasteiger partial charge in [0.05, 0.1) is 0 Å². The van der Waals surface area contributed by atoms with Crippen LogP contribution in [0, 0.1) is 0 Å². The van der Waals surface area contributed by atoms with Gasteiger partial charge in [-0.2, -0.15) is 0 Å². The molecule has 0 aliphatic heterocycles. The van der Waals surface area contributed by atoms with Gasteiger partial charge in [0.2, 0.25) is 17.6 Å². The molecular weight excluding hydrogens is 410 g/mol. The number of carbonyl (C=O) groups excluding carboxylic acids is 6. The molecule has 0 saturated heterocycles. The van der Waals surface area contributed by atoms with Crippen LogP contribution in [-0.2, 0) is 35.3 Å². The van der Waals surface area contributed by atoms with Crippen LogP contribution in [0.2, 0.25) is 0 Å². The highest BCUT2D eigenvalue weighted by atomic mass is 16.5. The van der Waals surface area contributed by atoms with Crippen molar-refractivity contribution in [2.75, 3.05) is 6.54 Å². The highest BCUT2D eigenvalue weighted by Gasteiger charge is 2.26. The molecule has 0 fully saturated rings. The zero-order chi connectivity index (χ0) is 23.6. The van der Waals surface area contributed by atoms with Gasteiger partial charge in [-0.1, -0.05) is 30.3 Å². The Morgan fingerprint density at radius 1 is 0.968 bits per heavy atom. The van der Waals surface area contributed by atoms with Crippen molar-refractivity contribution in [3.05, 3.63) is 35.9 Å². The average Bonchev–Trinajstić information content (AvgIpc) is 2.71. The molecule has 2 atom stereocenters. The van der Waals surface area contributed by atoms with Crippen molar-refractivity contribution >= 4 is 35.5 Å². The highest BCUT2D eigenvalue weighted by Crippen LogP contribution is 2.01. The first-order chi connectivity index (χ1) is 14.5. The highest BCUT2D eigenvalue weighted by molar-refractivity contribution is 6.35. The molecule has 1 rings (SSSR count). The standard InChI is InChI=1S/C19H25N5O7/c1-11(22-19(30)31-10-14-7-5-4-6-8-14)16(27)21-12(2)17(28)23-24(9-15(20)26)18(29)13(3)25/h4-8,11-12H,9-10H2,1-3H3,(H2,20,26)(H,21,27)(H,22,30)(H,23,28)/t11-,12-/m0/s1. The number of hydrogen-bond donors (Lipinski definition) is 4. The van der Waals surface area contributed by atoms with Crippen LogP contribution in [0.1, 0.15) is 26.3 Å². The molecule has 0 aliphatic carbocycles. The minimum atomic E-state index is -1.17. The first kappa shape index (κ1) is 25.1. The third-order valence-corrected chi connectivity index (χ3v) is 3.80. The van der Waals surface area contributed by atoms with Crippen LogP contribution in [0.15, 0.2) is 30.3 Å². The van der Waals surface area contributed by atoms with Crippen LogP contribution in [0.5, 0.6) is 0 Å². The second-order valence-corrected chi connectivity index (χ2v) is 6.55. The van der Waals surface area contributed by atoms with E-state index in [0.717, 1.165) is 12.5 Å². The van der Waals surface area contributed by atoms with Gasteiger partial charge in [-0.05, 0) is 19.4 Å². The van der Waals surface area contributed by atoms with Crippen LogP contribution in [0.3, 0.4) is 0 Å². The summed E-state index contributed by atoms with van der Waals surface area (Å²) in [6.45, 7) is 2.92. The number of rotatable bonds is 9. The summed E-state index contributed by atoms with van der Waals surface area (Å²) in [4.78, 5) is 70.3. The van der Waals surface area contributed by atoms with Gasteiger partial charge in [0.15, 0.2) is 0 Å². The van der Waals surface area contributed by atoms with E-state index in [1.54, 1.807) is 24.3 Å². The van der Waals surface area contributed by atoms with Gasteiger partial charge in [0.1, 0.15) is 25.2 Å². The van der Waals surface area contributed by atoms with Crippen molar-refractivity contribution in [1.82, 2.24) is 21.1 Å². The zero-order valence-corrected chi connectivity index (χ0v) is 17.3. The fourth-order valence-electron chi connectivity index (χ4n) is 2.15. The smallest absolute Gasteiger partial charge is 0.408 e. The van der Waals surface area contributed by atoms with Gasteiger partial charge < -0.3 is 21.1 Å². The van der Waals surface area contributed by atoms with E-state index in [1.165, 1.54) is 13.8 Å². The first-order valence-electron chi connectivity index (χ1n) is 9.20. The minimum Gasteiger partial charge on any atom is -0.445 e. The van der Waals surface area contributed by atoms with Gasteiger partial charge in [0, 0.05) is 6.92 Å². The lowest BCUT2D eigenvalue weighted by Gasteiger charge is -2.24. The van der Waals surface area contributed by atoms with Gasteiger partial charge in [0.25, 0.3) is 5.91 Å². The molecule has 1 aromatic rings. The van der Waals surface area contributed by atoms with Crippen LogP contribution in [0.25, 0.3) is 0 Å². The second kappa shape index (κ2) is 11.9. The molecule has 5 N–H and O–H groups in total. The summed E-state index contributed by atoms with van der Waals surface area (Å²) in [7, 11) is 0. The minimum absolute atomic E-state index is 0.0136. The molecule has 168 valence electrons. The molecule has 5 amide bonds. The van der Waals surface area contributed by atoms with E-state index in [4.69, 9.17) is 10.5 Å². The molecule has 0 heterocycles. The summed E-state index contributed by atoms with van der Waals surface area (Å²) < 4.78 is 5.01. The monoisotopic (exact) mass is 435 g/mol. The lowest BCUT2D eigenvalue weighted by Crippen LogP contribution is -2.57. The Kier molecular flexibility index (Phi) is 9.63. The molecule has 12 heteroatoms. The van der Waals surface area contributed by atoms with Crippen molar-refractivity contribution in [2.45, 2.75) is 39.5 Å². The van der Waals surface area contributed by atoms with Gasteiger partial charge in [-0.25, -0.2) is 9.80 Å². The molecule has 31 heavy (non-hydrogen) atoms. The third-order valence-electron chi connectivity index (χ3n) is 3.80. The molecular formula is C19H25N5O7. The molecule has 0 spiro atoms. The summed E-state index contributed by atoms with van der Waals surface area (Å²) in [6, 6.07) is 6.70. The number of hydrogen-bond acceptors (Lipinski definition) is 7. The second-order valence-electron chi connectivity index (χ2n) is 6.55. The zero-order valence-electron chi connectivity index (χ0n) is 17.3. The topological polar surface area (TPSA) is 177 Å². The number of ketones is 1. The Bertz CT molecular complexity index is 843. The van der Waals surface area contributed by atoms with E-state index in [2.05, 4.69) is 10.6 Å². The lowest BCUT2D eigenvalue weighted by atomic mass is 10.2. The number of amides is 5. The van der Waals surface area contributed by atoms with Gasteiger partial charge in [-0.15, -0.1) is 0 Å². The number of nitrogens with two attached hydrogens (primary N) is 1. The van der Waals surface area contributed by atoms with Gasteiger partial charge >= 0.3 is 12.0 Å². The largest absolute Gasteiger partial charge is 0.445 e. The molecule has 0 bridgehead atoms. The fraction of sp³-hybridized carbons (Fsp3) is 0.368. The fourth-order valence-corrected chi connectivity index (χ4v) is 2.15. The number of primary amides is 1. The van der Waals surface area contributed by atoms with Gasteiger partial charge in [-0.3, -0.25) is 29.4 Å². The number of benzene rings is 1. The third kappa shape index (κ3) is 8.94. The number of alkyl carbamates (subject to hydrolysis) is 1. The van der Waals surface area contributed by atoms with E-state index in [1.807, 2.05) is 11.5 Å². The Morgan fingerprint density at radius 2 is 1.55 bits per heavy atom. The number of Topliss-reactive ketones (excluding diaryl/α,β-unsaturated/α-hetero) is 1. The molecule has 12 nitrogen and oxygen atoms in total. The van der Waals surface area contributed by atoms with Crippen molar-refractivity contribution < 1.29 is 33.5 Å². The van der Waals surface area contributed by atoms with Crippen LogP contribution < -0.4 is 21.8 Å². The van der Waals surface area contributed by atoms with Crippen molar-refractivity contribution in [3.8, 4) is 0 Å². The maximum absolute atomic E-state index is 12.2. The van der Waals surface area contributed by atoms with Crippen molar-refractivity contribution in [3.63, 3.8) is 0 Å². The van der Waals surface area contributed by atoms with E-state index < -0.39 is 54.1 Å². The Morgan fingerprint density at radius 3 is 2.10 bits per heavy atom. The van der Waals surface area contributed by atoms with E-state index in [9.17, 15) is 28.8 Å². The summed E-state index contributed by atoms with van der Waals surface area (Å²) in [5.74, 6) is -4.63. The quantitative estimate of drug-likeness (QED) is 0.276. The molecule has 0 saturated carbocycles. The molecule has 0 unspecified atom stereocenters. The number of carbonyl (C=O) groups is 6. The maximum Gasteiger partial charge on any atom is 0.408 e.